The van der Waals surface area contributed by atoms with Gasteiger partial charge in [0.05, 0.1) is 24.4 Å². The highest BCUT2D eigenvalue weighted by Crippen LogP contribution is 2.29. The van der Waals surface area contributed by atoms with E-state index in [-0.39, 0.29) is 12.1 Å². The number of carbonyl (C=O) groups is 1. The standard InChI is InChI=1S/C22H19F3N2O3/c1-2-30-19-8-4-3-7-18(19)26-20(28)17-6-5-13-27(21(17)29)14-15-9-11-16(12-10-15)22(23,24)25/h3-13H,2,14H2,1H3,(H,26,28). The molecule has 5 nitrogen and oxygen atoms in total. The van der Waals surface area contributed by atoms with Gasteiger partial charge in [-0.3, -0.25) is 9.59 Å². The average molecular weight is 416 g/mol. The molecular formula is C22H19F3N2O3. The van der Waals surface area contributed by atoms with Crippen molar-refractivity contribution in [3.05, 3.63) is 93.9 Å². The second kappa shape index (κ2) is 8.86. The van der Waals surface area contributed by atoms with Crippen LogP contribution in [0, 0.1) is 0 Å². The van der Waals surface area contributed by atoms with Crippen molar-refractivity contribution in [2.45, 2.75) is 19.6 Å². The van der Waals surface area contributed by atoms with Gasteiger partial charge in [-0.25, -0.2) is 0 Å². The zero-order chi connectivity index (χ0) is 21.7. The quantitative estimate of drug-likeness (QED) is 0.641. The van der Waals surface area contributed by atoms with Crippen molar-refractivity contribution in [3.63, 3.8) is 0 Å². The molecule has 0 bridgehead atoms. The van der Waals surface area contributed by atoms with E-state index in [4.69, 9.17) is 4.74 Å². The maximum absolute atomic E-state index is 12.7. The number of alkyl halides is 3. The minimum atomic E-state index is -4.43. The molecule has 0 aliphatic rings. The van der Waals surface area contributed by atoms with E-state index in [1.54, 1.807) is 24.3 Å². The summed E-state index contributed by atoms with van der Waals surface area (Å²) in [6, 6.07) is 14.3. The Kier molecular flexibility index (Phi) is 6.25. The lowest BCUT2D eigenvalue weighted by Gasteiger charge is -2.12. The second-order valence-electron chi connectivity index (χ2n) is 6.43. The largest absolute Gasteiger partial charge is 0.492 e. The predicted octanol–water partition coefficient (Wildman–Crippen LogP) is 4.57. The zero-order valence-electron chi connectivity index (χ0n) is 16.1. The van der Waals surface area contributed by atoms with Crippen LogP contribution in [0.3, 0.4) is 0 Å². The van der Waals surface area contributed by atoms with Crippen molar-refractivity contribution in [3.8, 4) is 5.75 Å². The molecule has 0 saturated heterocycles. The molecule has 0 aliphatic carbocycles. The fraction of sp³-hybridized carbons (Fsp3) is 0.182. The number of amides is 1. The van der Waals surface area contributed by atoms with Gasteiger partial charge in [0.1, 0.15) is 11.3 Å². The van der Waals surface area contributed by atoms with Crippen LogP contribution in [-0.4, -0.2) is 17.1 Å². The number of anilines is 1. The van der Waals surface area contributed by atoms with Gasteiger partial charge in [0.15, 0.2) is 0 Å². The molecule has 0 aliphatic heterocycles. The van der Waals surface area contributed by atoms with Crippen molar-refractivity contribution >= 4 is 11.6 Å². The maximum Gasteiger partial charge on any atom is 0.416 e. The van der Waals surface area contributed by atoms with Crippen LogP contribution < -0.4 is 15.6 Å². The fourth-order valence-electron chi connectivity index (χ4n) is 2.87. The van der Waals surface area contributed by atoms with Gasteiger partial charge in [0.25, 0.3) is 11.5 Å². The van der Waals surface area contributed by atoms with Crippen LogP contribution in [0.1, 0.15) is 28.4 Å². The molecule has 0 unspecified atom stereocenters. The van der Waals surface area contributed by atoms with E-state index >= 15 is 0 Å². The summed E-state index contributed by atoms with van der Waals surface area (Å²) in [6.07, 6.45) is -2.95. The third-order valence-electron chi connectivity index (χ3n) is 4.33. The van der Waals surface area contributed by atoms with Gasteiger partial charge >= 0.3 is 6.18 Å². The Bertz CT molecular complexity index is 1090. The molecule has 0 atom stereocenters. The number of hydrogen-bond donors (Lipinski definition) is 1. The highest BCUT2D eigenvalue weighted by Gasteiger charge is 2.29. The summed E-state index contributed by atoms with van der Waals surface area (Å²) in [5.74, 6) is -0.122. The number of hydrogen-bond acceptors (Lipinski definition) is 3. The summed E-state index contributed by atoms with van der Waals surface area (Å²) in [4.78, 5) is 25.4. The van der Waals surface area contributed by atoms with Crippen LogP contribution in [0.5, 0.6) is 5.75 Å². The van der Waals surface area contributed by atoms with E-state index < -0.39 is 23.2 Å². The van der Waals surface area contributed by atoms with Gasteiger partial charge in [0.2, 0.25) is 0 Å². The molecule has 1 aromatic heterocycles. The zero-order valence-corrected chi connectivity index (χ0v) is 16.1. The highest BCUT2D eigenvalue weighted by molar-refractivity contribution is 6.04. The summed E-state index contributed by atoms with van der Waals surface area (Å²) in [7, 11) is 0. The molecule has 1 heterocycles. The number of ether oxygens (including phenoxy) is 1. The van der Waals surface area contributed by atoms with Gasteiger partial charge in [0, 0.05) is 6.20 Å². The molecule has 0 radical (unpaired) electrons. The molecular weight excluding hydrogens is 397 g/mol. The average Bonchev–Trinajstić information content (AvgIpc) is 2.71. The number of benzene rings is 2. The fourth-order valence-corrected chi connectivity index (χ4v) is 2.87. The van der Waals surface area contributed by atoms with Crippen molar-refractivity contribution in [2.24, 2.45) is 0 Å². The van der Waals surface area contributed by atoms with Crippen molar-refractivity contribution in [2.75, 3.05) is 11.9 Å². The number of halogens is 3. The van der Waals surface area contributed by atoms with E-state index in [9.17, 15) is 22.8 Å². The summed E-state index contributed by atoms with van der Waals surface area (Å²) < 4.78 is 44.8. The molecule has 1 amide bonds. The van der Waals surface area contributed by atoms with Crippen LogP contribution in [0.2, 0.25) is 0 Å². The predicted molar refractivity (Wildman–Crippen MR) is 107 cm³/mol. The van der Waals surface area contributed by atoms with Crippen molar-refractivity contribution in [1.82, 2.24) is 4.57 Å². The summed E-state index contributed by atoms with van der Waals surface area (Å²) in [5, 5.41) is 2.67. The molecule has 8 heteroatoms. The summed E-state index contributed by atoms with van der Waals surface area (Å²) in [6.45, 7) is 2.27. The number of rotatable bonds is 6. The van der Waals surface area contributed by atoms with E-state index in [1.165, 1.54) is 35.0 Å². The number of aromatic nitrogens is 1. The molecule has 30 heavy (non-hydrogen) atoms. The minimum absolute atomic E-state index is 0.0353. The van der Waals surface area contributed by atoms with Crippen molar-refractivity contribution < 1.29 is 22.7 Å². The van der Waals surface area contributed by atoms with Gasteiger partial charge in [-0.1, -0.05) is 24.3 Å². The highest BCUT2D eigenvalue weighted by atomic mass is 19.4. The Balaban J connectivity index is 1.81. The van der Waals surface area contributed by atoms with Crippen LogP contribution >= 0.6 is 0 Å². The first-order valence-corrected chi connectivity index (χ1v) is 9.18. The number of carbonyl (C=O) groups excluding carboxylic acids is 1. The van der Waals surface area contributed by atoms with E-state index in [2.05, 4.69) is 5.32 Å². The lowest BCUT2D eigenvalue weighted by Crippen LogP contribution is -2.29. The Hall–Kier alpha value is -3.55. The third-order valence-corrected chi connectivity index (χ3v) is 4.33. The number of nitrogens with one attached hydrogen (secondary N) is 1. The molecule has 0 spiro atoms. The molecule has 156 valence electrons. The van der Waals surface area contributed by atoms with E-state index in [1.807, 2.05) is 6.92 Å². The number of pyridine rings is 1. The second-order valence-corrected chi connectivity index (χ2v) is 6.43. The van der Waals surface area contributed by atoms with Gasteiger partial charge in [-0.15, -0.1) is 0 Å². The van der Waals surface area contributed by atoms with Gasteiger partial charge in [-0.2, -0.15) is 13.2 Å². The first kappa shape index (κ1) is 21.2. The smallest absolute Gasteiger partial charge is 0.416 e. The van der Waals surface area contributed by atoms with Crippen LogP contribution in [0.15, 0.2) is 71.7 Å². The summed E-state index contributed by atoms with van der Waals surface area (Å²) in [5.41, 5.74) is -0.467. The number of nitrogens with zero attached hydrogens (tertiary/aromatic N) is 1. The molecule has 0 saturated carbocycles. The summed E-state index contributed by atoms with van der Waals surface area (Å²) >= 11 is 0. The van der Waals surface area contributed by atoms with Crippen molar-refractivity contribution in [1.29, 1.82) is 0 Å². The Morgan fingerprint density at radius 1 is 1.03 bits per heavy atom. The lowest BCUT2D eigenvalue weighted by molar-refractivity contribution is -0.137. The van der Waals surface area contributed by atoms with E-state index in [0.717, 1.165) is 12.1 Å². The first-order valence-electron chi connectivity index (χ1n) is 9.18. The Labute approximate surface area is 170 Å². The molecule has 3 rings (SSSR count). The van der Waals surface area contributed by atoms with Gasteiger partial charge in [-0.05, 0) is 48.9 Å². The first-order chi connectivity index (χ1) is 14.3. The van der Waals surface area contributed by atoms with Crippen LogP contribution in [-0.2, 0) is 12.7 Å². The monoisotopic (exact) mass is 416 g/mol. The normalized spacial score (nSPS) is 11.2. The van der Waals surface area contributed by atoms with Gasteiger partial charge < -0.3 is 14.6 Å². The van der Waals surface area contributed by atoms with Crippen LogP contribution in [0.4, 0.5) is 18.9 Å². The van der Waals surface area contributed by atoms with E-state index in [0.29, 0.717) is 23.6 Å². The topological polar surface area (TPSA) is 60.3 Å². The number of para-hydroxylation sites is 2. The minimum Gasteiger partial charge on any atom is -0.492 e. The third kappa shape index (κ3) is 4.89. The maximum atomic E-state index is 12.7. The molecule has 2 aromatic carbocycles. The molecule has 3 aromatic rings. The molecule has 0 fully saturated rings. The Morgan fingerprint density at radius 3 is 2.40 bits per heavy atom. The molecule has 1 N–H and O–H groups in total. The van der Waals surface area contributed by atoms with Crippen LogP contribution in [0.25, 0.3) is 0 Å². The SMILES string of the molecule is CCOc1ccccc1NC(=O)c1cccn(Cc2ccc(C(F)(F)F)cc2)c1=O. The lowest BCUT2D eigenvalue weighted by atomic mass is 10.1. The Morgan fingerprint density at radius 2 is 1.73 bits per heavy atom.